The molecule has 136 valence electrons. The largest absolute Gasteiger partial charge is 0.506 e. The fourth-order valence-corrected chi connectivity index (χ4v) is 4.04. The molecule has 2 aromatic heterocycles. The van der Waals surface area contributed by atoms with Crippen molar-refractivity contribution in [1.82, 2.24) is 4.57 Å². The van der Waals surface area contributed by atoms with Crippen LogP contribution in [-0.4, -0.2) is 29.7 Å². The van der Waals surface area contributed by atoms with Crippen molar-refractivity contribution in [1.29, 1.82) is 0 Å². The van der Waals surface area contributed by atoms with Crippen molar-refractivity contribution in [2.75, 3.05) is 19.1 Å². The molecule has 3 rings (SSSR count). The number of hydrogen-bond donors (Lipinski definition) is 1. The van der Waals surface area contributed by atoms with E-state index in [1.54, 1.807) is 45.5 Å². The van der Waals surface area contributed by atoms with Gasteiger partial charge in [0.15, 0.2) is 0 Å². The number of benzene rings is 1. The number of methoxy groups -OCH3 is 1. The first kappa shape index (κ1) is 18.0. The number of carbonyl (C=O) groups is 1. The molecule has 0 fully saturated rings. The molecule has 1 aromatic carbocycles. The molecule has 1 amide bonds. The van der Waals surface area contributed by atoms with Gasteiger partial charge in [0.2, 0.25) is 0 Å². The number of hydrogen-bond acceptors (Lipinski definition) is 5. The monoisotopic (exact) mass is 372 g/mol. The molecule has 0 spiro atoms. The Morgan fingerprint density at radius 1 is 1.31 bits per heavy atom. The SMILES string of the molecule is CCc1csc2c1c(O)c(C(=O)N(C)c1ccc(OC)cc1)c(=O)n2C. The van der Waals surface area contributed by atoms with Crippen molar-refractivity contribution < 1.29 is 14.6 Å². The molecule has 0 radical (unpaired) electrons. The number of aryl methyl sites for hydroxylation is 2. The minimum absolute atomic E-state index is 0.216. The van der Waals surface area contributed by atoms with E-state index in [1.165, 1.54) is 20.8 Å². The molecule has 1 N–H and O–H groups in total. The highest BCUT2D eigenvalue weighted by atomic mass is 32.1. The maximum Gasteiger partial charge on any atom is 0.268 e. The van der Waals surface area contributed by atoms with E-state index in [4.69, 9.17) is 4.74 Å². The molecule has 0 unspecified atom stereocenters. The maximum absolute atomic E-state index is 13.0. The first-order valence-electron chi connectivity index (χ1n) is 8.14. The third kappa shape index (κ3) is 2.74. The van der Waals surface area contributed by atoms with E-state index >= 15 is 0 Å². The first-order valence-corrected chi connectivity index (χ1v) is 9.02. The Bertz CT molecular complexity index is 1030. The molecule has 0 saturated carbocycles. The van der Waals surface area contributed by atoms with Crippen LogP contribution in [0, 0.1) is 0 Å². The zero-order valence-electron chi connectivity index (χ0n) is 15.1. The third-order valence-electron chi connectivity index (χ3n) is 4.50. The van der Waals surface area contributed by atoms with Gasteiger partial charge in [-0.2, -0.15) is 0 Å². The van der Waals surface area contributed by atoms with Gasteiger partial charge >= 0.3 is 0 Å². The predicted octanol–water partition coefficient (Wildman–Crippen LogP) is 3.15. The summed E-state index contributed by atoms with van der Waals surface area (Å²) in [5.74, 6) is -0.129. The van der Waals surface area contributed by atoms with E-state index in [0.717, 1.165) is 5.56 Å². The van der Waals surface area contributed by atoms with Gasteiger partial charge in [0.05, 0.1) is 12.5 Å². The molecular formula is C19H20N2O4S. The molecule has 0 saturated heterocycles. The van der Waals surface area contributed by atoms with Crippen LogP contribution in [-0.2, 0) is 13.5 Å². The number of carbonyl (C=O) groups excluding carboxylic acids is 1. The van der Waals surface area contributed by atoms with E-state index in [0.29, 0.717) is 28.1 Å². The molecule has 2 heterocycles. The van der Waals surface area contributed by atoms with Gasteiger partial charge in [0.1, 0.15) is 21.9 Å². The summed E-state index contributed by atoms with van der Waals surface area (Å²) in [6.45, 7) is 1.97. The van der Waals surface area contributed by atoms with Gasteiger partial charge in [-0.1, -0.05) is 6.92 Å². The van der Waals surface area contributed by atoms with Crippen molar-refractivity contribution in [3.63, 3.8) is 0 Å². The van der Waals surface area contributed by atoms with Crippen LogP contribution >= 0.6 is 11.3 Å². The number of nitrogens with zero attached hydrogens (tertiary/aromatic N) is 2. The fourth-order valence-electron chi connectivity index (χ4n) is 2.91. The third-order valence-corrected chi connectivity index (χ3v) is 5.61. The zero-order chi connectivity index (χ0) is 19.0. The quantitative estimate of drug-likeness (QED) is 0.764. The van der Waals surface area contributed by atoms with E-state index in [1.807, 2.05) is 12.3 Å². The summed E-state index contributed by atoms with van der Waals surface area (Å²) in [4.78, 5) is 27.7. The van der Waals surface area contributed by atoms with Crippen LogP contribution in [0.25, 0.3) is 10.2 Å². The lowest BCUT2D eigenvalue weighted by atomic mass is 10.1. The van der Waals surface area contributed by atoms with Crippen molar-refractivity contribution in [3.05, 3.63) is 51.1 Å². The summed E-state index contributed by atoms with van der Waals surface area (Å²) in [6, 6.07) is 6.90. The number of ether oxygens (including phenoxy) is 1. The van der Waals surface area contributed by atoms with Crippen LogP contribution in [0.15, 0.2) is 34.4 Å². The smallest absolute Gasteiger partial charge is 0.268 e. The molecule has 0 atom stereocenters. The number of aromatic nitrogens is 1. The molecule has 0 aliphatic heterocycles. The molecule has 0 bridgehead atoms. The summed E-state index contributed by atoms with van der Waals surface area (Å²) < 4.78 is 6.54. The molecular weight excluding hydrogens is 352 g/mol. The normalized spacial score (nSPS) is 10.9. The number of thiophene rings is 1. The van der Waals surface area contributed by atoms with Gasteiger partial charge < -0.3 is 19.3 Å². The van der Waals surface area contributed by atoms with E-state index < -0.39 is 11.5 Å². The summed E-state index contributed by atoms with van der Waals surface area (Å²) in [5, 5.41) is 13.2. The van der Waals surface area contributed by atoms with Gasteiger partial charge in [-0.15, -0.1) is 11.3 Å². The highest BCUT2D eigenvalue weighted by Crippen LogP contribution is 2.35. The Balaban J connectivity index is 2.14. The summed E-state index contributed by atoms with van der Waals surface area (Å²) >= 11 is 1.39. The van der Waals surface area contributed by atoms with Crippen LogP contribution in [0.1, 0.15) is 22.8 Å². The minimum Gasteiger partial charge on any atom is -0.506 e. The van der Waals surface area contributed by atoms with Crippen molar-refractivity contribution in [2.24, 2.45) is 7.05 Å². The van der Waals surface area contributed by atoms with Gasteiger partial charge in [-0.3, -0.25) is 9.59 Å². The zero-order valence-corrected chi connectivity index (χ0v) is 15.9. The number of anilines is 1. The number of rotatable bonds is 4. The molecule has 3 aromatic rings. The van der Waals surface area contributed by atoms with Crippen LogP contribution < -0.4 is 15.2 Å². The lowest BCUT2D eigenvalue weighted by Crippen LogP contribution is -2.33. The van der Waals surface area contributed by atoms with Crippen LogP contribution in [0.3, 0.4) is 0 Å². The predicted molar refractivity (Wildman–Crippen MR) is 104 cm³/mol. The van der Waals surface area contributed by atoms with Crippen LogP contribution in [0.2, 0.25) is 0 Å². The molecule has 6 nitrogen and oxygen atoms in total. The lowest BCUT2D eigenvalue weighted by molar-refractivity contribution is 0.0988. The van der Waals surface area contributed by atoms with E-state index in [2.05, 4.69) is 0 Å². The van der Waals surface area contributed by atoms with Gasteiger partial charge in [0.25, 0.3) is 11.5 Å². The van der Waals surface area contributed by atoms with Crippen LogP contribution in [0.5, 0.6) is 11.5 Å². The van der Waals surface area contributed by atoms with Crippen molar-refractivity contribution >= 4 is 33.1 Å². The van der Waals surface area contributed by atoms with Crippen LogP contribution in [0.4, 0.5) is 5.69 Å². The fraction of sp³-hybridized carbons (Fsp3) is 0.263. The standard InChI is InChI=1S/C19H20N2O4S/c1-5-11-10-26-19-14(11)16(22)15(18(24)21(19)3)17(23)20(2)12-6-8-13(25-4)9-7-12/h6-10,22H,5H2,1-4H3. The Morgan fingerprint density at radius 3 is 2.54 bits per heavy atom. The Labute approximate surface area is 154 Å². The summed E-state index contributed by atoms with van der Waals surface area (Å²) in [5.41, 5.74) is 0.786. The average molecular weight is 372 g/mol. The summed E-state index contributed by atoms with van der Waals surface area (Å²) in [6.07, 6.45) is 0.702. The van der Waals surface area contributed by atoms with Crippen molar-refractivity contribution in [3.8, 4) is 11.5 Å². The Kier molecular flexibility index (Phi) is 4.73. The highest BCUT2D eigenvalue weighted by molar-refractivity contribution is 7.17. The van der Waals surface area contributed by atoms with Gasteiger partial charge in [-0.25, -0.2) is 0 Å². The minimum atomic E-state index is -0.552. The Morgan fingerprint density at radius 2 is 1.96 bits per heavy atom. The lowest BCUT2D eigenvalue weighted by Gasteiger charge is -2.19. The molecule has 0 aliphatic carbocycles. The van der Waals surface area contributed by atoms with E-state index in [-0.39, 0.29) is 11.3 Å². The first-order chi connectivity index (χ1) is 12.4. The second-order valence-electron chi connectivity index (χ2n) is 5.94. The van der Waals surface area contributed by atoms with Crippen molar-refractivity contribution in [2.45, 2.75) is 13.3 Å². The molecule has 26 heavy (non-hydrogen) atoms. The second kappa shape index (κ2) is 6.84. The average Bonchev–Trinajstić information content (AvgIpc) is 3.10. The highest BCUT2D eigenvalue weighted by Gasteiger charge is 2.26. The Hall–Kier alpha value is -2.80. The summed E-state index contributed by atoms with van der Waals surface area (Å²) in [7, 11) is 4.75. The number of aromatic hydroxyl groups is 1. The number of pyridine rings is 1. The van der Waals surface area contributed by atoms with Gasteiger partial charge in [-0.05, 0) is 41.6 Å². The van der Waals surface area contributed by atoms with Gasteiger partial charge in [0, 0.05) is 19.8 Å². The molecule has 0 aliphatic rings. The maximum atomic E-state index is 13.0. The molecule has 7 heteroatoms. The van der Waals surface area contributed by atoms with E-state index in [9.17, 15) is 14.7 Å². The second-order valence-corrected chi connectivity index (χ2v) is 6.80. The number of amides is 1. The number of fused-ring (bicyclic) bond motifs is 1. The topological polar surface area (TPSA) is 71.8 Å².